The topological polar surface area (TPSA) is 9.23 Å². The van der Waals surface area contributed by atoms with E-state index in [4.69, 9.17) is 4.52 Å². The maximum Gasteiger partial charge on any atom is 0.0622 e. The van der Waals surface area contributed by atoms with Gasteiger partial charge in [-0.2, -0.15) is 0 Å². The Morgan fingerprint density at radius 3 is 2.22 bits per heavy atom. The molecule has 1 aromatic heterocycles. The molecule has 0 aliphatic carbocycles. The number of hydrogen-bond donors (Lipinski definition) is 0. The molecule has 1 rings (SSSR count). The Morgan fingerprint density at radius 2 is 1.78 bits per heavy atom. The summed E-state index contributed by atoms with van der Waals surface area (Å²) >= 11 is 0. The molecule has 0 N–H and O–H groups in total. The van der Waals surface area contributed by atoms with Crippen molar-refractivity contribution in [3.05, 3.63) is 23.7 Å². The average Bonchev–Trinajstić information content (AvgIpc) is 2.15. The van der Waals surface area contributed by atoms with E-state index < -0.39 is 0 Å². The van der Waals surface area contributed by atoms with Crippen LogP contribution in [0.25, 0.3) is 0 Å². The zero-order valence-electron chi connectivity index (χ0n) is 5.74. The Kier molecular flexibility index (Phi) is 2.32. The van der Waals surface area contributed by atoms with Crippen molar-refractivity contribution < 1.29 is 4.52 Å². The van der Waals surface area contributed by atoms with Gasteiger partial charge in [-0.1, -0.05) is 12.1 Å². The number of rotatable bonds is 2. The second-order valence-electron chi connectivity index (χ2n) is 2.20. The summed E-state index contributed by atoms with van der Waals surface area (Å²) in [5.41, 5.74) is 0. The highest BCUT2D eigenvalue weighted by atomic mass is 31.1. The van der Waals surface area contributed by atoms with E-state index in [0.717, 1.165) is 0 Å². The summed E-state index contributed by atoms with van der Waals surface area (Å²) in [5, 5.41) is 0. The third kappa shape index (κ3) is 2.21. The predicted octanol–water partition coefficient (Wildman–Crippen LogP) is 2.51. The molecule has 1 nitrogen and oxygen atoms in total. The summed E-state index contributed by atoms with van der Waals surface area (Å²) in [6.07, 6.45) is 0.350. The van der Waals surface area contributed by atoms with Gasteiger partial charge in [0, 0.05) is 7.76 Å². The van der Waals surface area contributed by atoms with Gasteiger partial charge in [0.15, 0.2) is 0 Å². The van der Waals surface area contributed by atoms with Gasteiger partial charge in [0.25, 0.3) is 0 Å². The van der Waals surface area contributed by atoms with Gasteiger partial charge >= 0.3 is 0 Å². The fraction of sp³-hybridized carbons (Fsp3) is 0.429. The van der Waals surface area contributed by atoms with Crippen molar-refractivity contribution in [2.24, 2.45) is 0 Å². The van der Waals surface area contributed by atoms with Crippen molar-refractivity contribution in [1.29, 1.82) is 0 Å². The summed E-state index contributed by atoms with van der Waals surface area (Å²) < 4.78 is 5.50. The molecule has 0 aliphatic rings. The third-order valence-electron chi connectivity index (χ3n) is 0.910. The molecule has 0 saturated heterocycles. The minimum Gasteiger partial charge on any atom is -0.330 e. The second kappa shape index (κ2) is 3.05. The summed E-state index contributed by atoms with van der Waals surface area (Å²) in [6, 6.07) is 4.07. The van der Waals surface area contributed by atoms with Gasteiger partial charge in [-0.15, -0.1) is 0 Å². The van der Waals surface area contributed by atoms with E-state index in [1.165, 1.54) is 0 Å². The van der Waals surface area contributed by atoms with Gasteiger partial charge in [0.1, 0.15) is 0 Å². The molecule has 0 fully saturated rings. The summed E-state index contributed by atoms with van der Waals surface area (Å²) in [7, 11) is -0.346. The van der Waals surface area contributed by atoms with Crippen LogP contribution in [0.3, 0.4) is 0 Å². The fourth-order valence-corrected chi connectivity index (χ4v) is 1.90. The minimum atomic E-state index is -0.346. The highest BCUT2D eigenvalue weighted by Crippen LogP contribution is 2.24. The average molecular weight is 142 g/mol. The lowest BCUT2D eigenvalue weighted by Crippen LogP contribution is -2.01. The Morgan fingerprint density at radius 1 is 1.22 bits per heavy atom. The van der Waals surface area contributed by atoms with Crippen molar-refractivity contribution in [1.82, 2.24) is 0 Å². The molecule has 0 bridgehead atoms. The van der Waals surface area contributed by atoms with E-state index in [2.05, 4.69) is 25.4 Å². The molecular formula is C7H11OP. The molecule has 0 unspecified atom stereocenters. The Hall–Kier alpha value is -0.260. The lowest BCUT2D eigenvalue weighted by Gasteiger charge is -2.03. The molecule has 1 aromatic rings. The maximum atomic E-state index is 5.50. The van der Waals surface area contributed by atoms with E-state index in [1.807, 2.05) is 12.1 Å². The van der Waals surface area contributed by atoms with E-state index in [-0.39, 0.29) is 7.76 Å². The molecule has 0 atom stereocenters. The normalized spacial score (nSPS) is 10.6. The van der Waals surface area contributed by atoms with Crippen LogP contribution in [0, 0.1) is 0 Å². The van der Waals surface area contributed by atoms with Gasteiger partial charge < -0.3 is 4.52 Å². The van der Waals surface area contributed by atoms with Gasteiger partial charge in [0.05, 0.1) is 6.10 Å². The summed E-state index contributed by atoms with van der Waals surface area (Å²) in [5.74, 6) is 4.21. The summed E-state index contributed by atoms with van der Waals surface area (Å²) in [6.45, 7) is 4.12. The highest BCUT2D eigenvalue weighted by Gasteiger charge is 1.93. The molecule has 0 saturated carbocycles. The smallest absolute Gasteiger partial charge is 0.0622 e. The molecular weight excluding hydrogens is 131 g/mol. The molecule has 0 aliphatic heterocycles. The number of hydrogen-bond acceptors (Lipinski definition) is 1. The van der Waals surface area contributed by atoms with Crippen LogP contribution in [0.2, 0.25) is 0 Å². The third-order valence-corrected chi connectivity index (χ3v) is 2.51. The van der Waals surface area contributed by atoms with Crippen LogP contribution in [0.4, 0.5) is 0 Å². The van der Waals surface area contributed by atoms with Gasteiger partial charge in [-0.25, -0.2) is 0 Å². The molecule has 9 heavy (non-hydrogen) atoms. The van der Waals surface area contributed by atoms with Crippen molar-refractivity contribution in [2.45, 2.75) is 20.0 Å². The monoisotopic (exact) mass is 142 g/mol. The maximum absolute atomic E-state index is 5.50. The van der Waals surface area contributed by atoms with Crippen molar-refractivity contribution in [3.8, 4) is 0 Å². The fourth-order valence-electron chi connectivity index (χ4n) is 0.632. The highest BCUT2D eigenvalue weighted by molar-refractivity contribution is 7.43. The van der Waals surface area contributed by atoms with Crippen LogP contribution in [0.5, 0.6) is 0 Å². The standard InChI is InChI=1S/C7H11OP/c1-7(2)8-9-5-3-4-6-9/h3-7H,1-2H3. The zero-order chi connectivity index (χ0) is 6.69. The minimum absolute atomic E-state index is 0.346. The molecule has 0 spiro atoms. The van der Waals surface area contributed by atoms with Crippen molar-refractivity contribution in [3.63, 3.8) is 0 Å². The lowest BCUT2D eigenvalue weighted by atomic mass is 10.5. The predicted molar refractivity (Wildman–Crippen MR) is 40.9 cm³/mol. The Bertz CT molecular complexity index is 155. The molecule has 1 heterocycles. The summed E-state index contributed by atoms with van der Waals surface area (Å²) in [4.78, 5) is 0. The van der Waals surface area contributed by atoms with Crippen LogP contribution in [-0.2, 0) is 0 Å². The molecule has 0 aromatic carbocycles. The van der Waals surface area contributed by atoms with Crippen LogP contribution in [0.1, 0.15) is 13.8 Å². The van der Waals surface area contributed by atoms with Crippen molar-refractivity contribution >= 4 is 7.76 Å². The van der Waals surface area contributed by atoms with Crippen LogP contribution < -0.4 is 4.52 Å². The largest absolute Gasteiger partial charge is 0.330 e. The van der Waals surface area contributed by atoms with E-state index >= 15 is 0 Å². The molecule has 0 radical (unpaired) electrons. The zero-order valence-corrected chi connectivity index (χ0v) is 6.64. The molecule has 0 amide bonds. The Labute approximate surface area is 56.8 Å². The first kappa shape index (κ1) is 6.85. The Balaban J connectivity index is 2.48. The SMILES string of the molecule is CC(C)Op1cccc1. The van der Waals surface area contributed by atoms with Crippen molar-refractivity contribution in [2.75, 3.05) is 0 Å². The van der Waals surface area contributed by atoms with E-state index in [9.17, 15) is 0 Å². The lowest BCUT2D eigenvalue weighted by molar-refractivity contribution is 0.339. The van der Waals surface area contributed by atoms with Crippen LogP contribution >= 0.6 is 7.76 Å². The van der Waals surface area contributed by atoms with E-state index in [0.29, 0.717) is 6.10 Å². The van der Waals surface area contributed by atoms with Crippen LogP contribution in [-0.4, -0.2) is 6.10 Å². The van der Waals surface area contributed by atoms with Crippen LogP contribution in [0.15, 0.2) is 23.7 Å². The molecule has 50 valence electrons. The quantitative estimate of drug-likeness (QED) is 0.616. The first-order valence-electron chi connectivity index (χ1n) is 3.09. The van der Waals surface area contributed by atoms with Gasteiger partial charge in [-0.3, -0.25) is 0 Å². The molecule has 2 heteroatoms. The second-order valence-corrected chi connectivity index (χ2v) is 3.72. The van der Waals surface area contributed by atoms with Gasteiger partial charge in [-0.05, 0) is 25.4 Å². The van der Waals surface area contributed by atoms with Gasteiger partial charge in [0.2, 0.25) is 0 Å². The van der Waals surface area contributed by atoms with E-state index in [1.54, 1.807) is 0 Å². The first-order valence-corrected chi connectivity index (χ1v) is 4.49. The first-order chi connectivity index (χ1) is 4.29.